The average molecular weight is 392 g/mol. The molecule has 1 N–H and O–H groups in total. The van der Waals surface area contributed by atoms with Crippen molar-refractivity contribution in [1.82, 2.24) is 14.5 Å². The third kappa shape index (κ3) is 3.62. The Morgan fingerprint density at radius 3 is 2.75 bits per heavy atom. The Balaban J connectivity index is 1.77. The smallest absolute Gasteiger partial charge is 0.274 e. The van der Waals surface area contributed by atoms with Crippen LogP contribution in [0.4, 0.5) is 17.2 Å². The van der Waals surface area contributed by atoms with Crippen molar-refractivity contribution < 1.29 is 0 Å². The molecule has 3 rings (SSSR count). The van der Waals surface area contributed by atoms with E-state index in [1.54, 1.807) is 19.3 Å². The Labute approximate surface area is 150 Å². The molecule has 3 heterocycles. The minimum atomic E-state index is -0.0863. The van der Waals surface area contributed by atoms with E-state index in [1.807, 2.05) is 12.3 Å². The second-order valence-corrected chi connectivity index (χ2v) is 7.24. The highest BCUT2D eigenvalue weighted by molar-refractivity contribution is 9.10. The lowest BCUT2D eigenvalue weighted by Gasteiger charge is -2.39. The van der Waals surface area contributed by atoms with Crippen molar-refractivity contribution in [2.45, 2.75) is 13.0 Å². The van der Waals surface area contributed by atoms with Gasteiger partial charge in [0.25, 0.3) is 5.56 Å². The van der Waals surface area contributed by atoms with Gasteiger partial charge < -0.3 is 19.7 Å². The maximum Gasteiger partial charge on any atom is 0.274 e. The van der Waals surface area contributed by atoms with Crippen LogP contribution in [0.2, 0.25) is 0 Å². The summed E-state index contributed by atoms with van der Waals surface area (Å²) < 4.78 is 2.38. The summed E-state index contributed by atoms with van der Waals surface area (Å²) in [5, 5.41) is 3.10. The van der Waals surface area contributed by atoms with Crippen LogP contribution in [-0.4, -0.2) is 47.2 Å². The third-order valence-electron chi connectivity index (χ3n) is 4.32. The molecular formula is C17H22BrN5O. The van der Waals surface area contributed by atoms with Gasteiger partial charge in [-0.3, -0.25) is 4.79 Å². The molecule has 1 aliphatic rings. The topological polar surface area (TPSA) is 53.4 Å². The lowest BCUT2D eigenvalue weighted by Crippen LogP contribution is -2.50. The van der Waals surface area contributed by atoms with Gasteiger partial charge in [-0.1, -0.05) is 0 Å². The Bertz CT molecular complexity index is 774. The van der Waals surface area contributed by atoms with Crippen molar-refractivity contribution in [2.24, 2.45) is 7.05 Å². The van der Waals surface area contributed by atoms with Crippen LogP contribution in [0, 0.1) is 0 Å². The number of hydrogen-bond donors (Lipinski definition) is 1. The summed E-state index contributed by atoms with van der Waals surface area (Å²) in [6.07, 6.45) is 3.60. The fraction of sp³-hybridized carbons (Fsp3) is 0.412. The third-order valence-corrected chi connectivity index (χ3v) is 4.76. The number of aryl methyl sites for hydroxylation is 1. The molecule has 7 heteroatoms. The molecule has 128 valence electrons. The maximum atomic E-state index is 12.2. The minimum Gasteiger partial charge on any atom is -0.365 e. The van der Waals surface area contributed by atoms with Crippen LogP contribution >= 0.6 is 15.9 Å². The Hall–Kier alpha value is -1.86. The highest BCUT2D eigenvalue weighted by atomic mass is 79.9. The van der Waals surface area contributed by atoms with E-state index in [2.05, 4.69) is 56.1 Å². The summed E-state index contributed by atoms with van der Waals surface area (Å²) in [5.41, 5.74) is 1.53. The number of pyridine rings is 2. The number of hydrogen-bond acceptors (Lipinski definition) is 5. The normalized spacial score (nSPS) is 18.7. The summed E-state index contributed by atoms with van der Waals surface area (Å²) >= 11 is 3.40. The first-order valence-electron chi connectivity index (χ1n) is 7.98. The van der Waals surface area contributed by atoms with Crippen molar-refractivity contribution in [2.75, 3.05) is 36.9 Å². The number of piperazine rings is 1. The summed E-state index contributed by atoms with van der Waals surface area (Å²) in [6, 6.07) is 6.20. The lowest BCUT2D eigenvalue weighted by atomic mass is 10.2. The van der Waals surface area contributed by atoms with Crippen LogP contribution in [-0.2, 0) is 7.05 Å². The van der Waals surface area contributed by atoms with E-state index in [1.165, 1.54) is 4.57 Å². The van der Waals surface area contributed by atoms with Crippen molar-refractivity contribution in [3.05, 3.63) is 45.4 Å². The lowest BCUT2D eigenvalue weighted by molar-refractivity contribution is 0.275. The Kier molecular flexibility index (Phi) is 4.91. The zero-order valence-electron chi connectivity index (χ0n) is 14.2. The predicted molar refractivity (Wildman–Crippen MR) is 101 cm³/mol. The van der Waals surface area contributed by atoms with Crippen LogP contribution in [0.25, 0.3) is 0 Å². The first-order valence-corrected chi connectivity index (χ1v) is 8.78. The number of nitrogens with one attached hydrogen (secondary N) is 1. The van der Waals surface area contributed by atoms with E-state index >= 15 is 0 Å². The Morgan fingerprint density at radius 2 is 2.08 bits per heavy atom. The van der Waals surface area contributed by atoms with Crippen LogP contribution in [0.5, 0.6) is 0 Å². The first kappa shape index (κ1) is 17.0. The van der Waals surface area contributed by atoms with Gasteiger partial charge in [-0.25, -0.2) is 4.98 Å². The highest BCUT2D eigenvalue weighted by Crippen LogP contribution is 2.22. The van der Waals surface area contributed by atoms with Crippen LogP contribution in [0.1, 0.15) is 6.92 Å². The molecule has 0 radical (unpaired) electrons. The molecule has 2 aromatic heterocycles. The van der Waals surface area contributed by atoms with E-state index in [-0.39, 0.29) is 5.56 Å². The van der Waals surface area contributed by atoms with Gasteiger partial charge in [0, 0.05) is 43.4 Å². The van der Waals surface area contributed by atoms with Crippen molar-refractivity contribution >= 4 is 33.1 Å². The molecule has 2 aromatic rings. The maximum absolute atomic E-state index is 12.2. The van der Waals surface area contributed by atoms with Gasteiger partial charge in [-0.2, -0.15) is 0 Å². The number of anilines is 3. The number of aromatic nitrogens is 2. The number of nitrogens with zero attached hydrogens (tertiary/aromatic N) is 4. The molecule has 6 nitrogen and oxygen atoms in total. The summed E-state index contributed by atoms with van der Waals surface area (Å²) in [6.45, 7) is 5.33. The van der Waals surface area contributed by atoms with Crippen LogP contribution < -0.4 is 15.8 Å². The van der Waals surface area contributed by atoms with Gasteiger partial charge in [0.1, 0.15) is 11.5 Å². The molecule has 24 heavy (non-hydrogen) atoms. The largest absolute Gasteiger partial charge is 0.365 e. The molecule has 1 saturated heterocycles. The fourth-order valence-corrected chi connectivity index (χ4v) is 3.59. The highest BCUT2D eigenvalue weighted by Gasteiger charge is 2.21. The molecule has 1 atom stereocenters. The summed E-state index contributed by atoms with van der Waals surface area (Å²) in [4.78, 5) is 21.3. The quantitative estimate of drug-likeness (QED) is 0.870. The minimum absolute atomic E-state index is 0.0863. The van der Waals surface area contributed by atoms with Gasteiger partial charge in [-0.05, 0) is 48.1 Å². The van der Waals surface area contributed by atoms with E-state index in [0.29, 0.717) is 17.5 Å². The first-order chi connectivity index (χ1) is 11.4. The molecule has 0 bridgehead atoms. The Morgan fingerprint density at radius 1 is 1.29 bits per heavy atom. The summed E-state index contributed by atoms with van der Waals surface area (Å²) in [5.74, 6) is 0.663. The number of halogens is 1. The molecule has 1 fully saturated rings. The van der Waals surface area contributed by atoms with Gasteiger partial charge in [-0.15, -0.1) is 0 Å². The van der Waals surface area contributed by atoms with Crippen LogP contribution in [0.3, 0.4) is 0 Å². The standard InChI is InChI=1S/C17H22BrN5O/c1-12-10-21(2)6-7-23(12)14-4-5-16(19-9-14)20-15-8-13(18)11-22(3)17(15)24/h4-5,8-9,11-12H,6-7,10H2,1-3H3,(H,19,20). The molecule has 0 saturated carbocycles. The van der Waals surface area contributed by atoms with E-state index in [9.17, 15) is 4.79 Å². The molecule has 0 amide bonds. The van der Waals surface area contributed by atoms with E-state index in [0.717, 1.165) is 29.8 Å². The fourth-order valence-electron chi connectivity index (χ4n) is 3.05. The zero-order chi connectivity index (χ0) is 17.3. The molecule has 0 spiro atoms. The predicted octanol–water partition coefficient (Wildman–Crippen LogP) is 2.43. The van der Waals surface area contributed by atoms with Crippen molar-refractivity contribution in [3.8, 4) is 0 Å². The molecule has 1 aliphatic heterocycles. The summed E-state index contributed by atoms with van der Waals surface area (Å²) in [7, 11) is 3.88. The number of rotatable bonds is 3. The van der Waals surface area contributed by atoms with Gasteiger partial charge in [0.15, 0.2) is 0 Å². The van der Waals surface area contributed by atoms with Gasteiger partial charge in [0.05, 0.1) is 11.9 Å². The second kappa shape index (κ2) is 6.94. The van der Waals surface area contributed by atoms with E-state index in [4.69, 9.17) is 0 Å². The van der Waals surface area contributed by atoms with Crippen molar-refractivity contribution in [3.63, 3.8) is 0 Å². The SMILES string of the molecule is CC1CN(C)CCN1c1ccc(Nc2cc(Br)cn(C)c2=O)nc1. The molecule has 0 aromatic carbocycles. The van der Waals surface area contributed by atoms with Crippen molar-refractivity contribution in [1.29, 1.82) is 0 Å². The second-order valence-electron chi connectivity index (χ2n) is 6.32. The van der Waals surface area contributed by atoms with Crippen LogP contribution in [0.15, 0.2) is 39.9 Å². The zero-order valence-corrected chi connectivity index (χ0v) is 15.7. The molecular weight excluding hydrogens is 370 g/mol. The monoisotopic (exact) mass is 391 g/mol. The number of likely N-dealkylation sites (N-methyl/N-ethyl adjacent to an activating group) is 1. The van der Waals surface area contributed by atoms with Gasteiger partial charge >= 0.3 is 0 Å². The molecule has 0 aliphatic carbocycles. The molecule has 1 unspecified atom stereocenters. The van der Waals surface area contributed by atoms with Gasteiger partial charge in [0.2, 0.25) is 0 Å². The average Bonchev–Trinajstić information content (AvgIpc) is 2.53. The van der Waals surface area contributed by atoms with E-state index < -0.39 is 0 Å².